The largest absolute Gasteiger partial charge is 0.309 e. The molecule has 0 aliphatic heterocycles. The van der Waals surface area contributed by atoms with E-state index >= 15 is 0 Å². The molecule has 0 fully saturated rings. The normalized spacial score (nSPS) is 11.9. The van der Waals surface area contributed by atoms with E-state index in [-0.39, 0.29) is 0 Å². The molecule has 10 rings (SSSR count). The lowest BCUT2D eigenvalue weighted by Gasteiger charge is -2.14. The van der Waals surface area contributed by atoms with Crippen molar-refractivity contribution in [3.63, 3.8) is 0 Å². The van der Waals surface area contributed by atoms with Crippen LogP contribution in [-0.2, 0) is 0 Å². The summed E-state index contributed by atoms with van der Waals surface area (Å²) in [6.07, 6.45) is 2.04. The van der Waals surface area contributed by atoms with Gasteiger partial charge in [0.2, 0.25) is 0 Å². The Bertz CT molecular complexity index is 2790. The molecule has 214 valence electrons. The van der Waals surface area contributed by atoms with Crippen molar-refractivity contribution in [2.24, 2.45) is 0 Å². The van der Waals surface area contributed by atoms with E-state index in [0.29, 0.717) is 0 Å². The summed E-state index contributed by atoms with van der Waals surface area (Å²) in [7, 11) is 0. The Labute approximate surface area is 265 Å². The molecule has 46 heavy (non-hydrogen) atoms. The van der Waals surface area contributed by atoms with Crippen molar-refractivity contribution < 1.29 is 0 Å². The van der Waals surface area contributed by atoms with Crippen molar-refractivity contribution in [1.29, 1.82) is 0 Å². The van der Waals surface area contributed by atoms with Gasteiger partial charge in [0, 0.05) is 44.4 Å². The third kappa shape index (κ3) is 3.57. The highest BCUT2D eigenvalue weighted by Gasteiger charge is 2.19. The van der Waals surface area contributed by atoms with E-state index in [1.165, 1.54) is 54.3 Å². The molecule has 3 aromatic heterocycles. The first-order valence-electron chi connectivity index (χ1n) is 15.7. The molecule has 7 aromatic carbocycles. The van der Waals surface area contributed by atoms with Gasteiger partial charge in [-0.25, -0.2) is 4.98 Å². The van der Waals surface area contributed by atoms with Gasteiger partial charge in [-0.2, -0.15) is 0 Å². The second-order valence-electron chi connectivity index (χ2n) is 12.0. The van der Waals surface area contributed by atoms with Crippen LogP contribution >= 0.6 is 0 Å². The number of aromatic nitrogens is 3. The van der Waals surface area contributed by atoms with Crippen LogP contribution in [-0.4, -0.2) is 14.1 Å². The summed E-state index contributed by atoms with van der Waals surface area (Å²) in [6, 6.07) is 56.8. The van der Waals surface area contributed by atoms with Gasteiger partial charge in [0.05, 0.1) is 22.1 Å². The Hall–Kier alpha value is -6.19. The van der Waals surface area contributed by atoms with Crippen LogP contribution in [0.15, 0.2) is 164 Å². The molecule has 0 radical (unpaired) electrons. The SMILES string of the molecule is c1ccc(-c2cnc(-n3c4ccccc4c4cc5cc6c7ccccc7n(-c7ccccc7)c6cc5cc43)c3ccccc23)cc1. The third-order valence-corrected chi connectivity index (χ3v) is 9.51. The van der Waals surface area contributed by atoms with Gasteiger partial charge in [-0.1, -0.05) is 109 Å². The van der Waals surface area contributed by atoms with E-state index < -0.39 is 0 Å². The minimum absolute atomic E-state index is 0.945. The Balaban J connectivity index is 1.30. The molecule has 0 N–H and O–H groups in total. The first-order chi connectivity index (χ1) is 22.8. The van der Waals surface area contributed by atoms with Crippen LogP contribution in [0.2, 0.25) is 0 Å². The average Bonchev–Trinajstić information content (AvgIpc) is 3.61. The zero-order chi connectivity index (χ0) is 30.2. The zero-order valence-electron chi connectivity index (χ0n) is 24.9. The van der Waals surface area contributed by atoms with Crippen molar-refractivity contribution in [1.82, 2.24) is 14.1 Å². The summed E-state index contributed by atoms with van der Waals surface area (Å²) in [5, 5.41) is 9.74. The number of hydrogen-bond acceptors (Lipinski definition) is 1. The molecule has 0 saturated carbocycles. The van der Waals surface area contributed by atoms with Crippen LogP contribution in [0.3, 0.4) is 0 Å². The lowest BCUT2D eigenvalue weighted by atomic mass is 10.0. The van der Waals surface area contributed by atoms with Crippen molar-refractivity contribution in [2.45, 2.75) is 0 Å². The van der Waals surface area contributed by atoms with Gasteiger partial charge in [-0.15, -0.1) is 0 Å². The molecular weight excluding hydrogens is 558 g/mol. The molecule has 0 spiro atoms. The van der Waals surface area contributed by atoms with Crippen molar-refractivity contribution >= 4 is 65.2 Å². The Kier molecular flexibility index (Phi) is 5.28. The van der Waals surface area contributed by atoms with Crippen LogP contribution in [0, 0.1) is 0 Å². The van der Waals surface area contributed by atoms with Crippen LogP contribution in [0.1, 0.15) is 0 Å². The molecule has 0 unspecified atom stereocenters. The summed E-state index contributed by atoms with van der Waals surface area (Å²) >= 11 is 0. The average molecular weight is 586 g/mol. The smallest absolute Gasteiger partial charge is 0.145 e. The predicted octanol–water partition coefficient (Wildman–Crippen LogP) is 11.2. The van der Waals surface area contributed by atoms with Crippen LogP contribution < -0.4 is 0 Å². The number of nitrogens with zero attached hydrogens (tertiary/aromatic N) is 3. The van der Waals surface area contributed by atoms with E-state index in [0.717, 1.165) is 33.5 Å². The Morgan fingerprint density at radius 1 is 0.370 bits per heavy atom. The number of pyridine rings is 1. The van der Waals surface area contributed by atoms with Gasteiger partial charge < -0.3 is 4.57 Å². The molecule has 0 aliphatic carbocycles. The molecular formula is C43H27N3. The maximum absolute atomic E-state index is 5.20. The number of para-hydroxylation sites is 3. The van der Waals surface area contributed by atoms with Gasteiger partial charge in [-0.05, 0) is 70.3 Å². The number of hydrogen-bond donors (Lipinski definition) is 0. The van der Waals surface area contributed by atoms with Gasteiger partial charge in [-0.3, -0.25) is 4.57 Å². The summed E-state index contributed by atoms with van der Waals surface area (Å²) in [5.74, 6) is 0.945. The van der Waals surface area contributed by atoms with E-state index in [4.69, 9.17) is 4.98 Å². The molecule has 3 nitrogen and oxygen atoms in total. The lowest BCUT2D eigenvalue weighted by molar-refractivity contribution is 1.10. The number of fused-ring (bicyclic) bond motifs is 8. The monoisotopic (exact) mass is 585 g/mol. The van der Waals surface area contributed by atoms with E-state index in [1.54, 1.807) is 0 Å². The fraction of sp³-hybridized carbons (Fsp3) is 0. The quantitative estimate of drug-likeness (QED) is 0.202. The Morgan fingerprint density at radius 2 is 0.870 bits per heavy atom. The van der Waals surface area contributed by atoms with Crippen molar-refractivity contribution in [3.8, 4) is 22.6 Å². The van der Waals surface area contributed by atoms with Gasteiger partial charge in [0.1, 0.15) is 5.82 Å². The predicted molar refractivity (Wildman–Crippen MR) is 193 cm³/mol. The van der Waals surface area contributed by atoms with E-state index in [2.05, 4.69) is 167 Å². The minimum atomic E-state index is 0.945. The summed E-state index contributed by atoms with van der Waals surface area (Å²) in [6.45, 7) is 0. The van der Waals surface area contributed by atoms with Crippen molar-refractivity contribution in [3.05, 3.63) is 164 Å². The molecule has 3 heteroatoms. The molecule has 3 heterocycles. The molecule has 0 saturated heterocycles. The Morgan fingerprint density at radius 3 is 1.54 bits per heavy atom. The first-order valence-corrected chi connectivity index (χ1v) is 15.7. The maximum Gasteiger partial charge on any atom is 0.145 e. The maximum atomic E-state index is 5.20. The van der Waals surface area contributed by atoms with E-state index in [1.807, 2.05) is 6.20 Å². The summed E-state index contributed by atoms with van der Waals surface area (Å²) < 4.78 is 4.75. The second kappa shape index (κ2) is 9.65. The fourth-order valence-electron chi connectivity index (χ4n) is 7.47. The fourth-order valence-corrected chi connectivity index (χ4v) is 7.47. The van der Waals surface area contributed by atoms with Crippen LogP contribution in [0.25, 0.3) is 87.8 Å². The van der Waals surface area contributed by atoms with Crippen molar-refractivity contribution in [2.75, 3.05) is 0 Å². The standard InChI is InChI=1S/C43H27N3/c1-3-13-28(14-4-1)38-27-44-43(35-20-8-7-17-32(35)38)46-40-22-12-10-19-34(40)37-24-29-23-36-33-18-9-11-21-39(33)45(31-15-5-2-6-16-31)41(36)25-30(29)26-42(37)46/h1-27H. The molecule has 0 amide bonds. The topological polar surface area (TPSA) is 22.8 Å². The number of rotatable bonds is 3. The summed E-state index contributed by atoms with van der Waals surface area (Å²) in [4.78, 5) is 5.20. The zero-order valence-corrected chi connectivity index (χ0v) is 24.9. The molecule has 0 bridgehead atoms. The first kappa shape index (κ1) is 25.2. The second-order valence-corrected chi connectivity index (χ2v) is 12.0. The van der Waals surface area contributed by atoms with Crippen LogP contribution in [0.4, 0.5) is 0 Å². The highest BCUT2D eigenvalue weighted by atomic mass is 15.1. The highest BCUT2D eigenvalue weighted by molar-refractivity contribution is 6.18. The van der Waals surface area contributed by atoms with Gasteiger partial charge in [0.25, 0.3) is 0 Å². The lowest BCUT2D eigenvalue weighted by Crippen LogP contribution is -1.99. The molecule has 0 aliphatic rings. The number of benzene rings is 7. The minimum Gasteiger partial charge on any atom is -0.309 e. The van der Waals surface area contributed by atoms with E-state index in [9.17, 15) is 0 Å². The van der Waals surface area contributed by atoms with Gasteiger partial charge in [0.15, 0.2) is 0 Å². The van der Waals surface area contributed by atoms with Crippen LogP contribution in [0.5, 0.6) is 0 Å². The molecule has 10 aromatic rings. The van der Waals surface area contributed by atoms with Gasteiger partial charge >= 0.3 is 0 Å². The molecule has 0 atom stereocenters. The third-order valence-electron chi connectivity index (χ3n) is 9.51. The summed E-state index contributed by atoms with van der Waals surface area (Å²) in [5.41, 5.74) is 8.20. The highest BCUT2D eigenvalue weighted by Crippen LogP contribution is 2.40.